The number of carbonyl (C=O) groups excluding carboxylic acids is 1. The molecule has 2 heterocycles. The SMILES string of the molecule is Cc1ccc(NC(=O)Cc2nc(C[NH+]3CCCCC3)cs2)cc1. The summed E-state index contributed by atoms with van der Waals surface area (Å²) in [6.45, 7) is 5.53. The van der Waals surface area contributed by atoms with Crippen molar-refractivity contribution in [3.05, 3.63) is 45.9 Å². The standard InChI is InChI=1S/C18H23N3OS/c1-14-5-7-15(8-6-14)19-17(22)11-18-20-16(13-23-18)12-21-9-3-2-4-10-21/h5-8,13H,2-4,9-12H2,1H3,(H,19,22)/p+1. The van der Waals surface area contributed by atoms with Crippen molar-refractivity contribution < 1.29 is 9.69 Å². The quantitative estimate of drug-likeness (QED) is 0.883. The molecule has 1 fully saturated rings. The summed E-state index contributed by atoms with van der Waals surface area (Å²) in [7, 11) is 0. The predicted molar refractivity (Wildman–Crippen MR) is 93.9 cm³/mol. The number of nitrogens with one attached hydrogen (secondary N) is 2. The van der Waals surface area contributed by atoms with Gasteiger partial charge in [-0.1, -0.05) is 17.7 Å². The number of hydrogen-bond donors (Lipinski definition) is 2. The summed E-state index contributed by atoms with van der Waals surface area (Å²) in [4.78, 5) is 18.4. The Bertz CT molecular complexity index is 645. The van der Waals surface area contributed by atoms with Crippen LogP contribution in [0.25, 0.3) is 0 Å². The molecule has 1 amide bonds. The monoisotopic (exact) mass is 330 g/mol. The van der Waals surface area contributed by atoms with Crippen molar-refractivity contribution in [2.75, 3.05) is 18.4 Å². The minimum atomic E-state index is 0.0000671. The maximum atomic E-state index is 12.1. The Morgan fingerprint density at radius 3 is 2.70 bits per heavy atom. The zero-order valence-electron chi connectivity index (χ0n) is 13.6. The second-order valence-corrected chi connectivity index (χ2v) is 7.25. The van der Waals surface area contributed by atoms with Gasteiger partial charge < -0.3 is 10.2 Å². The van der Waals surface area contributed by atoms with Crippen LogP contribution < -0.4 is 10.2 Å². The van der Waals surface area contributed by atoms with Gasteiger partial charge in [0, 0.05) is 11.1 Å². The van der Waals surface area contributed by atoms with Gasteiger partial charge in [0.15, 0.2) is 0 Å². The van der Waals surface area contributed by atoms with Crippen molar-refractivity contribution in [2.45, 2.75) is 39.2 Å². The highest BCUT2D eigenvalue weighted by Crippen LogP contribution is 2.13. The van der Waals surface area contributed by atoms with Crippen LogP contribution in [0.1, 0.15) is 35.5 Å². The zero-order valence-corrected chi connectivity index (χ0v) is 14.4. The maximum absolute atomic E-state index is 12.1. The third-order valence-corrected chi connectivity index (χ3v) is 5.14. The molecule has 2 aromatic rings. The molecule has 3 rings (SSSR count). The van der Waals surface area contributed by atoms with E-state index in [9.17, 15) is 4.79 Å². The molecular weight excluding hydrogens is 306 g/mol. The number of thiazole rings is 1. The molecule has 1 aromatic carbocycles. The third kappa shape index (κ3) is 4.88. The van der Waals surface area contributed by atoms with Crippen LogP contribution in [-0.4, -0.2) is 24.0 Å². The molecule has 0 atom stereocenters. The van der Waals surface area contributed by atoms with E-state index in [1.807, 2.05) is 31.2 Å². The average Bonchev–Trinajstić information content (AvgIpc) is 2.97. The summed E-state index contributed by atoms with van der Waals surface area (Å²) < 4.78 is 0. The van der Waals surface area contributed by atoms with Crippen LogP contribution in [-0.2, 0) is 17.8 Å². The molecule has 1 aliphatic rings. The van der Waals surface area contributed by atoms with Crippen LogP contribution in [0, 0.1) is 6.92 Å². The van der Waals surface area contributed by atoms with Crippen LogP contribution in [0.2, 0.25) is 0 Å². The third-order valence-electron chi connectivity index (χ3n) is 4.24. The fraction of sp³-hybridized carbons (Fsp3) is 0.444. The van der Waals surface area contributed by atoms with E-state index >= 15 is 0 Å². The number of anilines is 1. The number of carbonyl (C=O) groups is 1. The minimum Gasteiger partial charge on any atom is -0.330 e. The van der Waals surface area contributed by atoms with Gasteiger partial charge in [-0.25, -0.2) is 4.98 Å². The fourth-order valence-corrected chi connectivity index (χ4v) is 3.77. The molecule has 5 heteroatoms. The molecule has 0 saturated carbocycles. The topological polar surface area (TPSA) is 46.4 Å². The number of benzene rings is 1. The normalized spacial score (nSPS) is 15.5. The number of rotatable bonds is 5. The summed E-state index contributed by atoms with van der Waals surface area (Å²) in [5, 5.41) is 5.94. The minimum absolute atomic E-state index is 0.0000671. The Hall–Kier alpha value is -1.72. The number of quaternary nitrogens is 1. The van der Waals surface area contributed by atoms with Crippen LogP contribution >= 0.6 is 11.3 Å². The number of aromatic nitrogens is 1. The number of amides is 1. The molecular formula is C18H24N3OS+. The zero-order chi connectivity index (χ0) is 16.1. The van der Waals surface area contributed by atoms with Gasteiger partial charge in [0.05, 0.1) is 19.5 Å². The van der Waals surface area contributed by atoms with Gasteiger partial charge in [-0.3, -0.25) is 4.79 Å². The molecule has 0 bridgehead atoms. The lowest BCUT2D eigenvalue weighted by molar-refractivity contribution is -0.918. The van der Waals surface area contributed by atoms with Crippen LogP contribution in [0.15, 0.2) is 29.6 Å². The van der Waals surface area contributed by atoms with Crippen LogP contribution in [0.5, 0.6) is 0 Å². The molecule has 122 valence electrons. The van der Waals surface area contributed by atoms with E-state index in [1.165, 1.54) is 37.9 Å². The molecule has 0 unspecified atom stereocenters. The highest BCUT2D eigenvalue weighted by Gasteiger charge is 2.16. The van der Waals surface area contributed by atoms with Crippen molar-refractivity contribution in [3.63, 3.8) is 0 Å². The molecule has 2 N–H and O–H groups in total. The second kappa shape index (κ2) is 7.70. The number of aryl methyl sites for hydroxylation is 1. The maximum Gasteiger partial charge on any atom is 0.231 e. The van der Waals surface area contributed by atoms with Crippen molar-refractivity contribution in [3.8, 4) is 0 Å². The number of nitrogens with zero attached hydrogens (tertiary/aromatic N) is 1. The lowest BCUT2D eigenvalue weighted by atomic mass is 10.1. The van der Waals surface area contributed by atoms with Gasteiger partial charge in [0.2, 0.25) is 5.91 Å². The van der Waals surface area contributed by atoms with Crippen molar-refractivity contribution >= 4 is 22.9 Å². The summed E-state index contributed by atoms with van der Waals surface area (Å²) >= 11 is 1.59. The number of hydrogen-bond acceptors (Lipinski definition) is 3. The van der Waals surface area contributed by atoms with E-state index in [0.717, 1.165) is 22.9 Å². The Morgan fingerprint density at radius 2 is 1.96 bits per heavy atom. The lowest BCUT2D eigenvalue weighted by Gasteiger charge is -2.22. The van der Waals surface area contributed by atoms with Crippen molar-refractivity contribution in [2.24, 2.45) is 0 Å². The highest BCUT2D eigenvalue weighted by atomic mass is 32.1. The van der Waals surface area contributed by atoms with E-state index in [0.29, 0.717) is 6.42 Å². The first-order valence-corrected chi connectivity index (χ1v) is 9.20. The van der Waals surface area contributed by atoms with Gasteiger partial charge in [0.1, 0.15) is 17.2 Å². The molecule has 4 nitrogen and oxygen atoms in total. The Kier molecular flexibility index (Phi) is 5.41. The summed E-state index contributed by atoms with van der Waals surface area (Å²) in [6.07, 6.45) is 4.37. The van der Waals surface area contributed by atoms with E-state index in [-0.39, 0.29) is 5.91 Å². The molecule has 0 aliphatic carbocycles. The number of piperidine rings is 1. The van der Waals surface area contributed by atoms with Gasteiger partial charge in [-0.05, 0) is 38.3 Å². The van der Waals surface area contributed by atoms with Gasteiger partial charge in [-0.15, -0.1) is 11.3 Å². The predicted octanol–water partition coefficient (Wildman–Crippen LogP) is 2.20. The largest absolute Gasteiger partial charge is 0.330 e. The first kappa shape index (κ1) is 16.1. The Balaban J connectivity index is 1.51. The van der Waals surface area contributed by atoms with Crippen LogP contribution in [0.4, 0.5) is 5.69 Å². The second-order valence-electron chi connectivity index (χ2n) is 6.31. The van der Waals surface area contributed by atoms with E-state index in [4.69, 9.17) is 0 Å². The van der Waals surface area contributed by atoms with E-state index < -0.39 is 0 Å². The molecule has 1 saturated heterocycles. The van der Waals surface area contributed by atoms with E-state index in [2.05, 4.69) is 15.7 Å². The van der Waals surface area contributed by atoms with Gasteiger partial charge in [-0.2, -0.15) is 0 Å². The summed E-state index contributed by atoms with van der Waals surface area (Å²) in [6, 6.07) is 7.86. The first-order valence-electron chi connectivity index (χ1n) is 8.32. The fourth-order valence-electron chi connectivity index (χ4n) is 2.98. The number of likely N-dealkylation sites (tertiary alicyclic amines) is 1. The Labute approximate surface area is 141 Å². The summed E-state index contributed by atoms with van der Waals surface area (Å²) in [5.41, 5.74) is 3.16. The van der Waals surface area contributed by atoms with E-state index in [1.54, 1.807) is 16.2 Å². The smallest absolute Gasteiger partial charge is 0.231 e. The summed E-state index contributed by atoms with van der Waals surface area (Å²) in [5.74, 6) is 0.0000671. The Morgan fingerprint density at radius 1 is 1.22 bits per heavy atom. The molecule has 0 spiro atoms. The van der Waals surface area contributed by atoms with Crippen LogP contribution in [0.3, 0.4) is 0 Å². The van der Waals surface area contributed by atoms with Gasteiger partial charge in [0.25, 0.3) is 0 Å². The lowest BCUT2D eigenvalue weighted by Crippen LogP contribution is -3.11. The molecule has 0 radical (unpaired) electrons. The van der Waals surface area contributed by atoms with Crippen molar-refractivity contribution in [1.82, 2.24) is 4.98 Å². The molecule has 1 aromatic heterocycles. The molecule has 23 heavy (non-hydrogen) atoms. The first-order chi connectivity index (χ1) is 11.2. The highest BCUT2D eigenvalue weighted by molar-refractivity contribution is 7.09. The van der Waals surface area contributed by atoms with Gasteiger partial charge >= 0.3 is 0 Å². The average molecular weight is 330 g/mol. The molecule has 1 aliphatic heterocycles. The van der Waals surface area contributed by atoms with Crippen molar-refractivity contribution in [1.29, 1.82) is 0 Å².